The predicted octanol–water partition coefficient (Wildman–Crippen LogP) is 2.54. The molecule has 0 aliphatic rings. The van der Waals surface area contributed by atoms with E-state index in [-0.39, 0.29) is 12.6 Å². The summed E-state index contributed by atoms with van der Waals surface area (Å²) in [6.07, 6.45) is 2.60. The van der Waals surface area contributed by atoms with Crippen LogP contribution in [0.15, 0.2) is 49.8 Å². The van der Waals surface area contributed by atoms with E-state index in [1.54, 1.807) is 13.8 Å². The number of esters is 2. The maximum Gasteiger partial charge on any atom is 0.337 e. The summed E-state index contributed by atoms with van der Waals surface area (Å²) < 4.78 is 8.92. The van der Waals surface area contributed by atoms with Crippen LogP contribution in [0.5, 0.6) is 0 Å². The van der Waals surface area contributed by atoms with Crippen LogP contribution in [-0.4, -0.2) is 18.5 Å². The molecule has 0 aromatic rings. The van der Waals surface area contributed by atoms with Gasteiger partial charge in [0.15, 0.2) is 0 Å². The molecule has 0 amide bonds. The Balaban J connectivity index is 0. The van der Waals surface area contributed by atoms with E-state index >= 15 is 0 Å². The lowest BCUT2D eigenvalue weighted by atomic mass is 10.4. The Bertz CT molecular complexity index is 326. The monoisotopic (exact) mass is 238 g/mol. The van der Waals surface area contributed by atoms with Gasteiger partial charge < -0.3 is 9.47 Å². The first-order valence-corrected chi connectivity index (χ1v) is 4.77. The van der Waals surface area contributed by atoms with Gasteiger partial charge in [0.05, 0.1) is 6.26 Å². The maximum atomic E-state index is 10.5. The van der Waals surface area contributed by atoms with Gasteiger partial charge in [0.25, 0.3) is 0 Å². The van der Waals surface area contributed by atoms with E-state index in [1.165, 1.54) is 6.08 Å². The number of ether oxygens (including phenoxy) is 2. The molecule has 0 N–H and O–H groups in total. The third kappa shape index (κ3) is 11.8. The molecule has 0 heterocycles. The van der Waals surface area contributed by atoms with Gasteiger partial charge in [-0.25, -0.2) is 9.59 Å². The van der Waals surface area contributed by atoms with Crippen molar-refractivity contribution in [3.8, 4) is 0 Å². The molecule has 94 valence electrons. The molecule has 0 fully saturated rings. The van der Waals surface area contributed by atoms with Gasteiger partial charge in [0.1, 0.15) is 6.61 Å². The highest BCUT2D eigenvalue weighted by Crippen LogP contribution is 1.91. The highest BCUT2D eigenvalue weighted by molar-refractivity contribution is 5.87. The van der Waals surface area contributed by atoms with Crippen LogP contribution in [0.2, 0.25) is 0 Å². The summed E-state index contributed by atoms with van der Waals surface area (Å²) in [5.41, 5.74) is 0.793. The zero-order valence-electron chi connectivity index (χ0n) is 10.3. The molecule has 0 saturated carbocycles. The van der Waals surface area contributed by atoms with E-state index in [4.69, 9.17) is 0 Å². The predicted molar refractivity (Wildman–Crippen MR) is 67.1 cm³/mol. The summed E-state index contributed by atoms with van der Waals surface area (Å²) in [5.74, 6) is -0.796. The fourth-order valence-electron chi connectivity index (χ4n) is 0.434. The third-order valence-electron chi connectivity index (χ3n) is 1.22. The fraction of sp³-hybridized carbons (Fsp3) is 0.231. The van der Waals surface area contributed by atoms with Crippen molar-refractivity contribution in [2.75, 3.05) is 6.61 Å². The van der Waals surface area contributed by atoms with Crippen molar-refractivity contribution >= 4 is 11.9 Å². The van der Waals surface area contributed by atoms with Crippen LogP contribution in [0.25, 0.3) is 0 Å². The second-order valence-electron chi connectivity index (χ2n) is 3.02. The van der Waals surface area contributed by atoms with E-state index in [0.29, 0.717) is 11.1 Å². The van der Waals surface area contributed by atoms with Crippen molar-refractivity contribution in [3.05, 3.63) is 49.8 Å². The number of rotatable bonds is 5. The van der Waals surface area contributed by atoms with Gasteiger partial charge in [-0.3, -0.25) is 0 Å². The summed E-state index contributed by atoms with van der Waals surface area (Å²) in [4.78, 5) is 20.9. The van der Waals surface area contributed by atoms with Crippen LogP contribution in [0.1, 0.15) is 13.8 Å². The molecule has 17 heavy (non-hydrogen) atoms. The van der Waals surface area contributed by atoms with Gasteiger partial charge in [0.2, 0.25) is 0 Å². The van der Waals surface area contributed by atoms with E-state index in [0.717, 1.165) is 6.26 Å². The van der Waals surface area contributed by atoms with Gasteiger partial charge in [-0.15, -0.1) is 0 Å². The standard InChI is InChI=1S/C7H10O2.C6H8O2/c1-4-5-9-7(8)6(2)3;1-4-8-6(7)5(2)3/h4H,1-2,5H2,3H3;4H,1-2H2,3H3. The van der Waals surface area contributed by atoms with Crippen molar-refractivity contribution in [1.29, 1.82) is 0 Å². The van der Waals surface area contributed by atoms with E-state index in [9.17, 15) is 9.59 Å². The first-order valence-electron chi connectivity index (χ1n) is 4.77. The van der Waals surface area contributed by atoms with Gasteiger partial charge in [-0.2, -0.15) is 0 Å². The quantitative estimate of drug-likeness (QED) is 0.319. The largest absolute Gasteiger partial charge is 0.458 e. The molecular weight excluding hydrogens is 220 g/mol. The molecule has 0 radical (unpaired) electrons. The topological polar surface area (TPSA) is 52.6 Å². The Morgan fingerprint density at radius 2 is 1.53 bits per heavy atom. The Kier molecular flexibility index (Phi) is 10.6. The van der Waals surface area contributed by atoms with E-state index < -0.39 is 5.97 Å². The summed E-state index contributed by atoms with van der Waals surface area (Å²) in [6, 6.07) is 0. The molecule has 0 atom stereocenters. The van der Waals surface area contributed by atoms with Gasteiger partial charge >= 0.3 is 11.9 Å². The molecule has 4 nitrogen and oxygen atoms in total. The van der Waals surface area contributed by atoms with Gasteiger partial charge in [-0.05, 0) is 13.8 Å². The fourth-order valence-corrected chi connectivity index (χ4v) is 0.434. The molecule has 0 spiro atoms. The van der Waals surface area contributed by atoms with Gasteiger partial charge in [-0.1, -0.05) is 32.4 Å². The smallest absolute Gasteiger partial charge is 0.337 e. The SMILES string of the molecule is C=CCOC(=O)C(=C)C.C=COC(=O)C(=C)C. The minimum absolute atomic E-state index is 0.256. The first-order chi connectivity index (χ1) is 7.86. The Labute approximate surface area is 102 Å². The lowest BCUT2D eigenvalue weighted by molar-refractivity contribution is -0.137. The van der Waals surface area contributed by atoms with Crippen LogP contribution in [-0.2, 0) is 19.1 Å². The highest BCUT2D eigenvalue weighted by atomic mass is 16.5. The average Bonchev–Trinajstić information content (AvgIpc) is 2.26. The molecule has 0 unspecified atom stereocenters. The van der Waals surface area contributed by atoms with Crippen molar-refractivity contribution < 1.29 is 19.1 Å². The molecule has 0 aliphatic carbocycles. The van der Waals surface area contributed by atoms with E-state index in [1.807, 2.05) is 0 Å². The van der Waals surface area contributed by atoms with Crippen LogP contribution in [0.3, 0.4) is 0 Å². The summed E-state index contributed by atoms with van der Waals surface area (Å²) in [7, 11) is 0. The minimum Gasteiger partial charge on any atom is -0.458 e. The molecule has 0 saturated heterocycles. The summed E-state index contributed by atoms with van der Waals surface area (Å²) >= 11 is 0. The van der Waals surface area contributed by atoms with Crippen molar-refractivity contribution in [2.45, 2.75) is 13.8 Å². The number of carbonyl (C=O) groups excluding carboxylic acids is 2. The first kappa shape index (κ1) is 17.3. The van der Waals surface area contributed by atoms with Crippen molar-refractivity contribution in [3.63, 3.8) is 0 Å². The summed E-state index contributed by atoms with van der Waals surface area (Å²) in [5, 5.41) is 0. The Morgan fingerprint density at radius 1 is 1.06 bits per heavy atom. The van der Waals surface area contributed by atoms with Crippen LogP contribution in [0, 0.1) is 0 Å². The normalized spacial score (nSPS) is 7.88. The van der Waals surface area contributed by atoms with Crippen LogP contribution in [0.4, 0.5) is 0 Å². The number of carbonyl (C=O) groups is 2. The summed E-state index contributed by atoms with van der Waals surface area (Å²) in [6.45, 7) is 16.8. The highest BCUT2D eigenvalue weighted by Gasteiger charge is 1.98. The van der Waals surface area contributed by atoms with Crippen LogP contribution < -0.4 is 0 Å². The molecule has 0 aromatic carbocycles. The number of hydrogen-bond acceptors (Lipinski definition) is 4. The zero-order chi connectivity index (χ0) is 13.8. The Morgan fingerprint density at radius 3 is 1.76 bits per heavy atom. The molecule has 0 aromatic heterocycles. The second-order valence-corrected chi connectivity index (χ2v) is 3.02. The van der Waals surface area contributed by atoms with Crippen LogP contribution >= 0.6 is 0 Å². The average molecular weight is 238 g/mol. The third-order valence-corrected chi connectivity index (χ3v) is 1.22. The lowest BCUT2D eigenvalue weighted by Gasteiger charge is -1.97. The maximum absolute atomic E-state index is 10.5. The van der Waals surface area contributed by atoms with E-state index in [2.05, 4.69) is 35.8 Å². The minimum atomic E-state index is -0.431. The molecule has 0 rings (SSSR count). The zero-order valence-corrected chi connectivity index (χ0v) is 10.3. The molecule has 4 heteroatoms. The Hall–Kier alpha value is -2.10. The lowest BCUT2D eigenvalue weighted by Crippen LogP contribution is -2.03. The number of hydrogen-bond donors (Lipinski definition) is 0. The van der Waals surface area contributed by atoms with Gasteiger partial charge in [0, 0.05) is 11.1 Å². The van der Waals surface area contributed by atoms with Crippen molar-refractivity contribution in [2.24, 2.45) is 0 Å². The molecule has 0 aliphatic heterocycles. The molecule has 0 bridgehead atoms. The van der Waals surface area contributed by atoms with Crippen molar-refractivity contribution in [1.82, 2.24) is 0 Å². The second kappa shape index (κ2) is 10.4. The molecular formula is C13H18O4.